The fraction of sp³-hybridized carbons (Fsp3) is 0.250. The zero-order valence-corrected chi connectivity index (χ0v) is 16.0. The molecule has 28 heavy (non-hydrogen) atoms. The van der Waals surface area contributed by atoms with E-state index < -0.39 is 10.0 Å². The zero-order chi connectivity index (χ0) is 19.6. The highest BCUT2D eigenvalue weighted by Crippen LogP contribution is 2.20. The molecule has 4 heterocycles. The molecule has 1 saturated heterocycles. The summed E-state index contributed by atoms with van der Waals surface area (Å²) in [5.41, 5.74) is 2.05. The quantitative estimate of drug-likeness (QED) is 0.660. The number of rotatable bonds is 5. The van der Waals surface area contributed by atoms with Crippen molar-refractivity contribution in [1.29, 1.82) is 0 Å². The SMILES string of the molecule is O=c1ccc(S(=O)(=O)N2CCCC2)cn1Cc1ccc(-c2ccccn2)nc1. The molecule has 0 aliphatic carbocycles. The summed E-state index contributed by atoms with van der Waals surface area (Å²) in [4.78, 5) is 21.1. The Bertz CT molecular complexity index is 1120. The van der Waals surface area contributed by atoms with E-state index in [1.165, 1.54) is 27.2 Å². The maximum atomic E-state index is 12.7. The molecule has 0 spiro atoms. The van der Waals surface area contributed by atoms with Gasteiger partial charge in [0.25, 0.3) is 5.56 Å². The smallest absolute Gasteiger partial charge is 0.250 e. The molecule has 4 rings (SSSR count). The van der Waals surface area contributed by atoms with E-state index in [9.17, 15) is 13.2 Å². The van der Waals surface area contributed by atoms with Crippen LogP contribution in [-0.2, 0) is 16.6 Å². The van der Waals surface area contributed by atoms with Gasteiger partial charge in [0.2, 0.25) is 10.0 Å². The number of pyridine rings is 3. The fourth-order valence-corrected chi connectivity index (χ4v) is 4.78. The van der Waals surface area contributed by atoms with Gasteiger partial charge in [-0.15, -0.1) is 0 Å². The first-order valence-electron chi connectivity index (χ1n) is 9.11. The Balaban J connectivity index is 1.59. The van der Waals surface area contributed by atoms with Crippen molar-refractivity contribution in [2.45, 2.75) is 24.3 Å². The van der Waals surface area contributed by atoms with Crippen molar-refractivity contribution in [3.05, 3.63) is 77.0 Å². The third kappa shape index (κ3) is 3.74. The molecule has 0 saturated carbocycles. The summed E-state index contributed by atoms with van der Waals surface area (Å²) < 4.78 is 28.4. The summed E-state index contributed by atoms with van der Waals surface area (Å²) in [6, 6.07) is 12.0. The van der Waals surface area contributed by atoms with Crippen molar-refractivity contribution in [2.24, 2.45) is 0 Å². The number of aromatic nitrogens is 3. The highest BCUT2D eigenvalue weighted by Gasteiger charge is 2.27. The van der Waals surface area contributed by atoms with E-state index in [0.717, 1.165) is 29.8 Å². The average molecular weight is 396 g/mol. The first kappa shape index (κ1) is 18.5. The van der Waals surface area contributed by atoms with E-state index in [4.69, 9.17) is 0 Å². The number of sulfonamides is 1. The molecule has 0 N–H and O–H groups in total. The molecule has 144 valence electrons. The molecule has 0 radical (unpaired) electrons. The van der Waals surface area contributed by atoms with Gasteiger partial charge in [0.1, 0.15) is 0 Å². The van der Waals surface area contributed by atoms with Gasteiger partial charge in [-0.1, -0.05) is 12.1 Å². The lowest BCUT2D eigenvalue weighted by Gasteiger charge is -2.16. The minimum absolute atomic E-state index is 0.145. The second-order valence-electron chi connectivity index (χ2n) is 6.71. The fourth-order valence-electron chi connectivity index (χ4n) is 3.24. The lowest BCUT2D eigenvalue weighted by molar-refractivity contribution is 0.476. The number of hydrogen-bond donors (Lipinski definition) is 0. The van der Waals surface area contributed by atoms with Crippen LogP contribution in [0, 0.1) is 0 Å². The van der Waals surface area contributed by atoms with E-state index in [0.29, 0.717) is 13.1 Å². The molecule has 1 aliphatic heterocycles. The topological polar surface area (TPSA) is 85.2 Å². The van der Waals surface area contributed by atoms with Crippen molar-refractivity contribution < 1.29 is 8.42 Å². The van der Waals surface area contributed by atoms with Crippen LogP contribution in [0.3, 0.4) is 0 Å². The van der Waals surface area contributed by atoms with E-state index in [1.807, 2.05) is 30.3 Å². The lowest BCUT2D eigenvalue weighted by Crippen LogP contribution is -2.29. The van der Waals surface area contributed by atoms with Crippen LogP contribution < -0.4 is 5.56 Å². The van der Waals surface area contributed by atoms with E-state index in [-0.39, 0.29) is 17.0 Å². The van der Waals surface area contributed by atoms with Crippen LogP contribution in [0.5, 0.6) is 0 Å². The third-order valence-electron chi connectivity index (χ3n) is 4.76. The first-order valence-corrected chi connectivity index (χ1v) is 10.5. The molecular formula is C20H20N4O3S. The number of hydrogen-bond acceptors (Lipinski definition) is 5. The van der Waals surface area contributed by atoms with Crippen LogP contribution in [0.25, 0.3) is 11.4 Å². The van der Waals surface area contributed by atoms with Gasteiger partial charge < -0.3 is 4.57 Å². The van der Waals surface area contributed by atoms with Crippen molar-refractivity contribution in [2.75, 3.05) is 13.1 Å². The van der Waals surface area contributed by atoms with Crippen molar-refractivity contribution >= 4 is 10.0 Å². The normalized spacial score (nSPS) is 15.0. The number of nitrogens with zero attached hydrogens (tertiary/aromatic N) is 4. The molecule has 0 unspecified atom stereocenters. The molecule has 3 aromatic heterocycles. The van der Waals surface area contributed by atoms with Gasteiger partial charge in [-0.2, -0.15) is 4.31 Å². The molecule has 8 heteroatoms. The van der Waals surface area contributed by atoms with Gasteiger partial charge in [0.15, 0.2) is 0 Å². The predicted octanol–water partition coefficient (Wildman–Crippen LogP) is 2.14. The summed E-state index contributed by atoms with van der Waals surface area (Å²) in [5.74, 6) is 0. The molecule has 0 bridgehead atoms. The summed E-state index contributed by atoms with van der Waals surface area (Å²) in [5, 5.41) is 0. The second-order valence-corrected chi connectivity index (χ2v) is 8.65. The van der Waals surface area contributed by atoms with Gasteiger partial charge in [-0.05, 0) is 42.7 Å². The van der Waals surface area contributed by atoms with Gasteiger partial charge >= 0.3 is 0 Å². The van der Waals surface area contributed by atoms with Gasteiger partial charge in [0, 0.05) is 37.7 Å². The Morgan fingerprint density at radius 3 is 2.39 bits per heavy atom. The Hall–Kier alpha value is -2.84. The standard InChI is InChI=1S/C20H20N4O3S/c25-20-9-7-17(28(26,27)24-11-3-4-12-24)15-23(20)14-16-6-8-19(22-13-16)18-5-1-2-10-21-18/h1-2,5-10,13,15H,3-4,11-12,14H2. The van der Waals surface area contributed by atoms with Crippen LogP contribution in [-0.4, -0.2) is 40.3 Å². The van der Waals surface area contributed by atoms with Crippen LogP contribution in [0.1, 0.15) is 18.4 Å². The van der Waals surface area contributed by atoms with Crippen molar-refractivity contribution in [3.63, 3.8) is 0 Å². The molecular weight excluding hydrogens is 376 g/mol. The van der Waals surface area contributed by atoms with Gasteiger partial charge in [-0.25, -0.2) is 8.42 Å². The third-order valence-corrected chi connectivity index (χ3v) is 6.65. The Kier molecular flexibility index (Phi) is 5.06. The van der Waals surface area contributed by atoms with E-state index in [1.54, 1.807) is 12.4 Å². The molecule has 0 amide bonds. The van der Waals surface area contributed by atoms with Crippen LogP contribution in [0.4, 0.5) is 0 Å². The Morgan fingerprint density at radius 1 is 0.929 bits per heavy atom. The zero-order valence-electron chi connectivity index (χ0n) is 15.2. The summed E-state index contributed by atoms with van der Waals surface area (Å²) in [6.07, 6.45) is 6.54. The molecule has 1 aliphatic rings. The van der Waals surface area contributed by atoms with E-state index in [2.05, 4.69) is 9.97 Å². The van der Waals surface area contributed by atoms with Crippen LogP contribution in [0.2, 0.25) is 0 Å². The molecule has 3 aromatic rings. The van der Waals surface area contributed by atoms with Crippen molar-refractivity contribution in [1.82, 2.24) is 18.8 Å². The van der Waals surface area contributed by atoms with Gasteiger partial charge in [0.05, 0.1) is 22.8 Å². The van der Waals surface area contributed by atoms with Crippen LogP contribution in [0.15, 0.2) is 70.7 Å². The molecule has 1 fully saturated rings. The maximum absolute atomic E-state index is 12.7. The molecule has 7 nitrogen and oxygen atoms in total. The minimum atomic E-state index is -3.56. The van der Waals surface area contributed by atoms with Crippen molar-refractivity contribution in [3.8, 4) is 11.4 Å². The first-order chi connectivity index (χ1) is 13.5. The second kappa shape index (κ2) is 7.65. The maximum Gasteiger partial charge on any atom is 0.250 e. The van der Waals surface area contributed by atoms with Crippen LogP contribution >= 0.6 is 0 Å². The van der Waals surface area contributed by atoms with E-state index >= 15 is 0 Å². The molecule has 0 atom stereocenters. The Morgan fingerprint density at radius 2 is 1.71 bits per heavy atom. The largest absolute Gasteiger partial charge is 0.310 e. The minimum Gasteiger partial charge on any atom is -0.310 e. The Labute approximate surface area is 163 Å². The summed E-state index contributed by atoms with van der Waals surface area (Å²) in [6.45, 7) is 1.30. The summed E-state index contributed by atoms with van der Waals surface area (Å²) >= 11 is 0. The monoisotopic (exact) mass is 396 g/mol. The molecule has 0 aromatic carbocycles. The lowest BCUT2D eigenvalue weighted by atomic mass is 10.2. The van der Waals surface area contributed by atoms with Gasteiger partial charge in [-0.3, -0.25) is 14.8 Å². The average Bonchev–Trinajstić information content (AvgIpc) is 3.27. The predicted molar refractivity (Wildman–Crippen MR) is 105 cm³/mol. The highest BCUT2D eigenvalue weighted by atomic mass is 32.2. The highest BCUT2D eigenvalue weighted by molar-refractivity contribution is 7.89. The summed E-state index contributed by atoms with van der Waals surface area (Å²) in [7, 11) is -3.56.